The van der Waals surface area contributed by atoms with Gasteiger partial charge in [-0.15, -0.1) is 0 Å². The molecule has 4 rings (SSSR count). The van der Waals surface area contributed by atoms with Gasteiger partial charge in [-0.05, 0) is 60.2 Å². The van der Waals surface area contributed by atoms with E-state index in [4.69, 9.17) is 5.11 Å². The first-order valence-electron chi connectivity index (χ1n) is 9.78. The van der Waals surface area contributed by atoms with Gasteiger partial charge in [-0.1, -0.05) is 37.3 Å². The zero-order chi connectivity index (χ0) is 19.7. The molecule has 0 aliphatic heterocycles. The highest BCUT2D eigenvalue weighted by Crippen LogP contribution is 2.37. The standard InChI is InChI=1S/C22H25N3O3/c1-2-25(13-21(26)27)18-11-17(12-18)24-22(28)23-16-7-8-20-15(10-16)9-14-5-3-4-6-19(14)20/h3-8,10,17-18H,2,9,11-13H2,1H3,(H,26,27)(H2,23,24,28). The van der Waals surface area contributed by atoms with E-state index < -0.39 is 5.97 Å². The number of carbonyl (C=O) groups is 2. The number of hydrogen-bond acceptors (Lipinski definition) is 3. The number of carboxylic acid groups (broad SMARTS) is 1. The molecule has 0 aromatic heterocycles. The predicted octanol–water partition coefficient (Wildman–Crippen LogP) is 3.32. The van der Waals surface area contributed by atoms with Gasteiger partial charge < -0.3 is 15.7 Å². The van der Waals surface area contributed by atoms with E-state index in [9.17, 15) is 9.59 Å². The number of nitrogens with one attached hydrogen (secondary N) is 2. The second-order valence-electron chi connectivity index (χ2n) is 7.58. The summed E-state index contributed by atoms with van der Waals surface area (Å²) in [5.41, 5.74) is 5.86. The molecule has 0 heterocycles. The number of likely N-dealkylation sites (N-methyl/N-ethyl adjacent to an activating group) is 1. The number of carbonyl (C=O) groups excluding carboxylic acids is 1. The molecule has 6 nitrogen and oxygen atoms in total. The minimum Gasteiger partial charge on any atom is -0.480 e. The largest absolute Gasteiger partial charge is 0.480 e. The summed E-state index contributed by atoms with van der Waals surface area (Å²) in [6.07, 6.45) is 2.46. The normalized spacial score (nSPS) is 19.5. The zero-order valence-electron chi connectivity index (χ0n) is 15.9. The maximum atomic E-state index is 12.3. The molecule has 2 aliphatic carbocycles. The van der Waals surface area contributed by atoms with Crippen LogP contribution in [0, 0.1) is 0 Å². The monoisotopic (exact) mass is 379 g/mol. The Kier molecular flexibility index (Phi) is 5.05. The predicted molar refractivity (Wildman–Crippen MR) is 109 cm³/mol. The molecule has 1 saturated carbocycles. The molecule has 0 spiro atoms. The molecule has 146 valence electrons. The Balaban J connectivity index is 1.30. The molecule has 2 amide bonds. The molecule has 2 aromatic carbocycles. The number of fused-ring (bicyclic) bond motifs is 3. The van der Waals surface area contributed by atoms with Gasteiger partial charge in [0.05, 0.1) is 6.54 Å². The van der Waals surface area contributed by atoms with Crippen LogP contribution in [0.5, 0.6) is 0 Å². The molecule has 0 bridgehead atoms. The fourth-order valence-corrected chi connectivity index (χ4v) is 4.25. The number of rotatable bonds is 6. The Hall–Kier alpha value is -2.86. The van der Waals surface area contributed by atoms with E-state index in [2.05, 4.69) is 41.0 Å². The van der Waals surface area contributed by atoms with Gasteiger partial charge in [0.1, 0.15) is 0 Å². The van der Waals surface area contributed by atoms with E-state index in [1.165, 1.54) is 22.3 Å². The van der Waals surface area contributed by atoms with Crippen LogP contribution in [0.2, 0.25) is 0 Å². The lowest BCUT2D eigenvalue weighted by atomic mass is 9.85. The number of benzene rings is 2. The van der Waals surface area contributed by atoms with E-state index in [0.717, 1.165) is 24.9 Å². The van der Waals surface area contributed by atoms with Crippen molar-refractivity contribution in [1.29, 1.82) is 0 Å². The van der Waals surface area contributed by atoms with Crippen molar-refractivity contribution >= 4 is 17.7 Å². The Morgan fingerprint density at radius 3 is 2.61 bits per heavy atom. The maximum absolute atomic E-state index is 12.3. The third-order valence-electron chi connectivity index (χ3n) is 5.76. The number of aliphatic carboxylic acids is 1. The smallest absolute Gasteiger partial charge is 0.319 e. The molecular weight excluding hydrogens is 354 g/mol. The van der Waals surface area contributed by atoms with Crippen LogP contribution in [0.25, 0.3) is 11.1 Å². The van der Waals surface area contributed by atoms with Gasteiger partial charge in [-0.3, -0.25) is 9.69 Å². The summed E-state index contributed by atoms with van der Waals surface area (Å²) < 4.78 is 0. The topological polar surface area (TPSA) is 81.7 Å². The summed E-state index contributed by atoms with van der Waals surface area (Å²) >= 11 is 0. The Labute approximate surface area is 164 Å². The summed E-state index contributed by atoms with van der Waals surface area (Å²) in [6.45, 7) is 2.72. The molecular formula is C22H25N3O3. The van der Waals surface area contributed by atoms with Crippen LogP contribution in [0.3, 0.4) is 0 Å². The molecule has 0 unspecified atom stereocenters. The number of hydrogen-bond donors (Lipinski definition) is 3. The van der Waals surface area contributed by atoms with Gasteiger partial charge in [-0.25, -0.2) is 4.79 Å². The number of amides is 2. The second-order valence-corrected chi connectivity index (χ2v) is 7.58. The van der Waals surface area contributed by atoms with Gasteiger partial charge in [0, 0.05) is 17.8 Å². The van der Waals surface area contributed by atoms with E-state index in [-0.39, 0.29) is 24.7 Å². The van der Waals surface area contributed by atoms with Crippen LogP contribution in [0.1, 0.15) is 30.9 Å². The molecule has 2 aliphatic rings. The first-order valence-corrected chi connectivity index (χ1v) is 9.78. The van der Waals surface area contributed by atoms with Crippen LogP contribution in [-0.2, 0) is 11.2 Å². The minimum atomic E-state index is -0.810. The summed E-state index contributed by atoms with van der Waals surface area (Å²) in [4.78, 5) is 25.2. The first kappa shape index (κ1) is 18.5. The van der Waals surface area contributed by atoms with Crippen molar-refractivity contribution in [1.82, 2.24) is 10.2 Å². The molecule has 1 fully saturated rings. The van der Waals surface area contributed by atoms with Crippen LogP contribution in [0.15, 0.2) is 42.5 Å². The van der Waals surface area contributed by atoms with E-state index in [0.29, 0.717) is 6.54 Å². The van der Waals surface area contributed by atoms with Crippen molar-refractivity contribution in [2.75, 3.05) is 18.4 Å². The van der Waals surface area contributed by atoms with Crippen molar-refractivity contribution in [3.05, 3.63) is 53.6 Å². The summed E-state index contributed by atoms with van der Waals surface area (Å²) in [5, 5.41) is 14.9. The van der Waals surface area contributed by atoms with Crippen LogP contribution in [-0.4, -0.2) is 47.2 Å². The molecule has 3 N–H and O–H groups in total. The van der Waals surface area contributed by atoms with E-state index in [1.54, 1.807) is 0 Å². The third-order valence-corrected chi connectivity index (χ3v) is 5.76. The van der Waals surface area contributed by atoms with Gasteiger partial charge in [0.2, 0.25) is 0 Å². The highest BCUT2D eigenvalue weighted by molar-refractivity contribution is 5.90. The Morgan fingerprint density at radius 1 is 1.11 bits per heavy atom. The molecule has 2 aromatic rings. The van der Waals surface area contributed by atoms with Crippen molar-refractivity contribution in [3.63, 3.8) is 0 Å². The number of urea groups is 1. The summed E-state index contributed by atoms with van der Waals surface area (Å²) in [6, 6.07) is 14.6. The molecule has 0 radical (unpaired) electrons. The number of nitrogens with zero attached hydrogens (tertiary/aromatic N) is 1. The van der Waals surface area contributed by atoms with Gasteiger partial charge in [0.15, 0.2) is 0 Å². The van der Waals surface area contributed by atoms with Crippen molar-refractivity contribution < 1.29 is 14.7 Å². The average molecular weight is 379 g/mol. The molecule has 28 heavy (non-hydrogen) atoms. The van der Waals surface area contributed by atoms with Gasteiger partial charge in [-0.2, -0.15) is 0 Å². The summed E-state index contributed by atoms with van der Waals surface area (Å²) in [7, 11) is 0. The lowest BCUT2D eigenvalue weighted by Crippen LogP contribution is -2.55. The van der Waals surface area contributed by atoms with E-state index in [1.807, 2.05) is 24.0 Å². The number of carboxylic acids is 1. The van der Waals surface area contributed by atoms with Crippen LogP contribution < -0.4 is 10.6 Å². The molecule has 0 saturated heterocycles. The van der Waals surface area contributed by atoms with Crippen LogP contribution in [0.4, 0.5) is 10.5 Å². The highest BCUT2D eigenvalue weighted by Gasteiger charge is 2.34. The van der Waals surface area contributed by atoms with E-state index >= 15 is 0 Å². The van der Waals surface area contributed by atoms with Crippen molar-refractivity contribution in [2.45, 2.75) is 38.3 Å². The SMILES string of the molecule is CCN(CC(=O)O)C1CC(NC(=O)Nc2ccc3c(c2)Cc2ccccc2-3)C1. The number of anilines is 1. The fourth-order valence-electron chi connectivity index (χ4n) is 4.25. The molecule has 6 heteroatoms. The minimum absolute atomic E-state index is 0.0532. The Morgan fingerprint density at radius 2 is 1.86 bits per heavy atom. The first-order chi connectivity index (χ1) is 13.5. The zero-order valence-corrected chi connectivity index (χ0v) is 15.9. The second kappa shape index (κ2) is 7.64. The quantitative estimate of drug-likeness (QED) is 0.614. The molecule has 0 atom stereocenters. The third kappa shape index (κ3) is 3.73. The summed E-state index contributed by atoms with van der Waals surface area (Å²) in [5.74, 6) is -0.810. The lowest BCUT2D eigenvalue weighted by Gasteiger charge is -2.42. The van der Waals surface area contributed by atoms with Gasteiger partial charge >= 0.3 is 12.0 Å². The maximum Gasteiger partial charge on any atom is 0.319 e. The van der Waals surface area contributed by atoms with Gasteiger partial charge in [0.25, 0.3) is 0 Å². The lowest BCUT2D eigenvalue weighted by molar-refractivity contribution is -0.139. The fraction of sp³-hybridized carbons (Fsp3) is 0.364. The average Bonchev–Trinajstić information content (AvgIpc) is 3.00. The highest BCUT2D eigenvalue weighted by atomic mass is 16.4. The Bertz CT molecular complexity index is 906. The van der Waals surface area contributed by atoms with Crippen molar-refractivity contribution in [3.8, 4) is 11.1 Å². The van der Waals surface area contributed by atoms with Crippen molar-refractivity contribution in [2.24, 2.45) is 0 Å². The van der Waals surface area contributed by atoms with Crippen LogP contribution >= 0.6 is 0 Å².